The van der Waals surface area contributed by atoms with E-state index in [9.17, 15) is 0 Å². The maximum Gasteiger partial charge on any atom is 0.0187 e. The lowest BCUT2D eigenvalue weighted by Gasteiger charge is -1.97. The maximum absolute atomic E-state index is 3.69. The van der Waals surface area contributed by atoms with Crippen LogP contribution in [0.15, 0.2) is 84.4 Å². The SMILES string of the molecule is C=Cc1cc(Br)cc(C=C)c1.c1ccc2ccccc2c1. The van der Waals surface area contributed by atoms with Crippen molar-refractivity contribution in [2.75, 3.05) is 0 Å². The standard InChI is InChI=1S/C10H9Br.C10H8/c1-3-8-5-9(4-2)7-10(11)6-8;1-2-6-10-8-4-3-7-9(10)5-1/h3-7H,1-2H2;1-8H. The van der Waals surface area contributed by atoms with Crippen LogP contribution in [0.2, 0.25) is 0 Å². The molecular weight excluding hydrogens is 320 g/mol. The average molecular weight is 337 g/mol. The molecule has 0 aliphatic rings. The highest BCUT2D eigenvalue weighted by Gasteiger charge is 1.92. The zero-order chi connectivity index (χ0) is 15.1. The smallest absolute Gasteiger partial charge is 0.0187 e. The number of hydrogen-bond donors (Lipinski definition) is 0. The van der Waals surface area contributed by atoms with Crippen LogP contribution in [0.4, 0.5) is 0 Å². The molecule has 0 atom stereocenters. The highest BCUT2D eigenvalue weighted by Crippen LogP contribution is 2.17. The minimum Gasteiger partial charge on any atom is -0.0985 e. The molecule has 3 aromatic carbocycles. The van der Waals surface area contributed by atoms with Gasteiger partial charge in [-0.2, -0.15) is 0 Å². The lowest BCUT2D eigenvalue weighted by atomic mass is 10.1. The van der Waals surface area contributed by atoms with Crippen molar-refractivity contribution in [1.29, 1.82) is 0 Å². The summed E-state index contributed by atoms with van der Waals surface area (Å²) in [6.45, 7) is 7.38. The van der Waals surface area contributed by atoms with E-state index in [1.54, 1.807) is 0 Å². The van der Waals surface area contributed by atoms with Crippen molar-refractivity contribution >= 4 is 38.9 Å². The predicted octanol–water partition coefficient (Wildman–Crippen LogP) is 6.57. The Hall–Kier alpha value is -2.12. The molecule has 0 aliphatic carbocycles. The minimum atomic E-state index is 1.06. The summed E-state index contributed by atoms with van der Waals surface area (Å²) in [6.07, 6.45) is 3.63. The zero-order valence-electron chi connectivity index (χ0n) is 11.8. The molecule has 0 bridgehead atoms. The van der Waals surface area contributed by atoms with Gasteiger partial charge in [0.05, 0.1) is 0 Å². The lowest BCUT2D eigenvalue weighted by Crippen LogP contribution is -1.75. The first-order valence-corrected chi connectivity index (χ1v) is 7.51. The van der Waals surface area contributed by atoms with Crippen LogP contribution in [0.25, 0.3) is 22.9 Å². The number of benzene rings is 3. The van der Waals surface area contributed by atoms with Gasteiger partial charge >= 0.3 is 0 Å². The summed E-state index contributed by atoms with van der Waals surface area (Å²) in [5.41, 5.74) is 2.21. The van der Waals surface area contributed by atoms with Crippen molar-refractivity contribution < 1.29 is 0 Å². The van der Waals surface area contributed by atoms with E-state index < -0.39 is 0 Å². The van der Waals surface area contributed by atoms with Gasteiger partial charge in [-0.3, -0.25) is 0 Å². The van der Waals surface area contributed by atoms with Gasteiger partial charge in [-0.05, 0) is 40.1 Å². The Labute approximate surface area is 134 Å². The molecule has 104 valence electrons. The Bertz CT molecular complexity index is 665. The van der Waals surface area contributed by atoms with Crippen molar-refractivity contribution in [3.05, 3.63) is 95.5 Å². The fraction of sp³-hybridized carbons (Fsp3) is 0. The van der Waals surface area contributed by atoms with Gasteiger partial charge < -0.3 is 0 Å². The van der Waals surface area contributed by atoms with Crippen LogP contribution in [-0.2, 0) is 0 Å². The third-order valence-electron chi connectivity index (χ3n) is 3.07. The van der Waals surface area contributed by atoms with Crippen molar-refractivity contribution in [3.63, 3.8) is 0 Å². The Morgan fingerprint density at radius 2 is 1.05 bits per heavy atom. The highest BCUT2D eigenvalue weighted by atomic mass is 79.9. The van der Waals surface area contributed by atoms with E-state index in [4.69, 9.17) is 0 Å². The third-order valence-corrected chi connectivity index (χ3v) is 3.53. The fourth-order valence-electron chi connectivity index (χ4n) is 2.00. The van der Waals surface area contributed by atoms with E-state index in [-0.39, 0.29) is 0 Å². The molecule has 0 aromatic heterocycles. The number of rotatable bonds is 2. The van der Waals surface area contributed by atoms with Crippen LogP contribution < -0.4 is 0 Å². The first-order valence-electron chi connectivity index (χ1n) is 6.72. The number of hydrogen-bond acceptors (Lipinski definition) is 0. The summed E-state index contributed by atoms with van der Waals surface area (Å²) in [5, 5.41) is 2.62. The van der Waals surface area contributed by atoms with Crippen LogP contribution >= 0.6 is 15.9 Å². The molecule has 3 aromatic rings. The van der Waals surface area contributed by atoms with Crippen LogP contribution in [0.3, 0.4) is 0 Å². The van der Waals surface area contributed by atoms with Crippen molar-refractivity contribution in [3.8, 4) is 0 Å². The Morgan fingerprint density at radius 3 is 1.38 bits per heavy atom. The van der Waals surface area contributed by atoms with Crippen molar-refractivity contribution in [1.82, 2.24) is 0 Å². The molecule has 0 saturated carbocycles. The molecular formula is C20H17Br. The Morgan fingerprint density at radius 1 is 0.667 bits per heavy atom. The second-order valence-corrected chi connectivity index (χ2v) is 5.49. The molecule has 1 heteroatoms. The monoisotopic (exact) mass is 336 g/mol. The van der Waals surface area contributed by atoms with Crippen molar-refractivity contribution in [2.24, 2.45) is 0 Å². The molecule has 3 rings (SSSR count). The van der Waals surface area contributed by atoms with Crippen LogP contribution in [0, 0.1) is 0 Å². The van der Waals surface area contributed by atoms with Gasteiger partial charge in [0.25, 0.3) is 0 Å². The summed E-state index contributed by atoms with van der Waals surface area (Å²) in [7, 11) is 0. The van der Waals surface area contributed by atoms with Gasteiger partial charge in [-0.1, -0.05) is 89.8 Å². The van der Waals surface area contributed by atoms with Crippen LogP contribution in [-0.4, -0.2) is 0 Å². The molecule has 0 radical (unpaired) electrons. The van der Waals surface area contributed by atoms with Gasteiger partial charge in [0.15, 0.2) is 0 Å². The zero-order valence-corrected chi connectivity index (χ0v) is 13.4. The largest absolute Gasteiger partial charge is 0.0985 e. The summed E-state index contributed by atoms with van der Waals surface area (Å²) >= 11 is 3.40. The molecule has 0 aliphatic heterocycles. The topological polar surface area (TPSA) is 0 Å². The van der Waals surface area contributed by atoms with E-state index in [2.05, 4.69) is 77.6 Å². The molecule has 0 nitrogen and oxygen atoms in total. The quantitative estimate of drug-likeness (QED) is 0.496. The number of fused-ring (bicyclic) bond motifs is 1. The van der Waals surface area contributed by atoms with E-state index in [1.165, 1.54) is 10.8 Å². The first-order chi connectivity index (χ1) is 10.2. The second-order valence-electron chi connectivity index (χ2n) is 4.57. The maximum atomic E-state index is 3.69. The summed E-state index contributed by atoms with van der Waals surface area (Å²) in [4.78, 5) is 0. The van der Waals surface area contributed by atoms with Gasteiger partial charge in [-0.15, -0.1) is 0 Å². The van der Waals surface area contributed by atoms with E-state index in [0.717, 1.165) is 15.6 Å². The van der Waals surface area contributed by atoms with E-state index in [1.807, 2.05) is 30.4 Å². The fourth-order valence-corrected chi connectivity index (χ4v) is 2.53. The van der Waals surface area contributed by atoms with E-state index in [0.29, 0.717) is 0 Å². The van der Waals surface area contributed by atoms with Gasteiger partial charge in [0.1, 0.15) is 0 Å². The second kappa shape index (κ2) is 7.61. The minimum absolute atomic E-state index is 1.06. The highest BCUT2D eigenvalue weighted by molar-refractivity contribution is 9.10. The lowest BCUT2D eigenvalue weighted by molar-refractivity contribution is 1.58. The molecule has 0 saturated heterocycles. The van der Waals surface area contributed by atoms with Crippen LogP contribution in [0.5, 0.6) is 0 Å². The van der Waals surface area contributed by atoms with Gasteiger partial charge in [0, 0.05) is 4.47 Å². The third kappa shape index (κ3) is 4.44. The molecule has 0 spiro atoms. The normalized spacial score (nSPS) is 9.57. The van der Waals surface area contributed by atoms with E-state index >= 15 is 0 Å². The van der Waals surface area contributed by atoms with Crippen molar-refractivity contribution in [2.45, 2.75) is 0 Å². The molecule has 0 N–H and O–H groups in total. The summed E-state index contributed by atoms with van der Waals surface area (Å²) in [6, 6.07) is 22.8. The molecule has 0 unspecified atom stereocenters. The molecule has 0 amide bonds. The van der Waals surface area contributed by atoms with Crippen LogP contribution in [0.1, 0.15) is 11.1 Å². The summed E-state index contributed by atoms with van der Waals surface area (Å²) < 4.78 is 1.06. The molecule has 0 fully saturated rings. The molecule has 0 heterocycles. The Balaban J connectivity index is 0.000000154. The Kier molecular flexibility index (Phi) is 5.53. The molecule has 21 heavy (non-hydrogen) atoms. The van der Waals surface area contributed by atoms with Gasteiger partial charge in [0.2, 0.25) is 0 Å². The predicted molar refractivity (Wildman–Crippen MR) is 98.3 cm³/mol. The summed E-state index contributed by atoms with van der Waals surface area (Å²) in [5.74, 6) is 0. The first kappa shape index (κ1) is 15.3. The average Bonchev–Trinajstić information content (AvgIpc) is 2.55. The van der Waals surface area contributed by atoms with Gasteiger partial charge in [-0.25, -0.2) is 0 Å². The number of halogens is 1.